The van der Waals surface area contributed by atoms with Crippen molar-refractivity contribution in [2.24, 2.45) is 11.7 Å². The molecule has 1 aromatic carbocycles. The summed E-state index contributed by atoms with van der Waals surface area (Å²) < 4.78 is 40.5. The summed E-state index contributed by atoms with van der Waals surface area (Å²) in [5.74, 6) is 4.70. The van der Waals surface area contributed by atoms with Crippen molar-refractivity contribution >= 4 is 10.0 Å². The molecule has 0 saturated carbocycles. The first-order chi connectivity index (χ1) is 9.94. The summed E-state index contributed by atoms with van der Waals surface area (Å²) in [6.07, 6.45) is 1.78. The molecule has 0 aliphatic rings. The SMILES string of the molecule is CCC(CC)CNS(=O)(=O)c1ccc(C#CCN)c(F)c1. The van der Waals surface area contributed by atoms with E-state index in [2.05, 4.69) is 16.6 Å². The Bertz CT molecular complexity index is 629. The molecule has 21 heavy (non-hydrogen) atoms. The quantitative estimate of drug-likeness (QED) is 0.787. The van der Waals surface area contributed by atoms with Crippen LogP contribution in [-0.4, -0.2) is 21.5 Å². The molecule has 0 aliphatic heterocycles. The largest absolute Gasteiger partial charge is 0.320 e. The van der Waals surface area contributed by atoms with Crippen LogP contribution in [0, 0.1) is 23.6 Å². The van der Waals surface area contributed by atoms with E-state index in [-0.39, 0.29) is 22.9 Å². The molecule has 4 nitrogen and oxygen atoms in total. The maximum absolute atomic E-state index is 13.8. The Hall–Kier alpha value is -1.42. The molecule has 0 radical (unpaired) electrons. The highest BCUT2D eigenvalue weighted by Gasteiger charge is 2.17. The topological polar surface area (TPSA) is 72.2 Å². The molecule has 0 unspecified atom stereocenters. The average Bonchev–Trinajstić information content (AvgIpc) is 2.47. The normalized spacial score (nSPS) is 11.3. The predicted octanol–water partition coefficient (Wildman–Crippen LogP) is 1.85. The van der Waals surface area contributed by atoms with Gasteiger partial charge >= 0.3 is 0 Å². The molecule has 0 bridgehead atoms. The third-order valence-electron chi connectivity index (χ3n) is 3.29. The van der Waals surface area contributed by atoms with Gasteiger partial charge in [-0.2, -0.15) is 0 Å². The lowest BCUT2D eigenvalue weighted by molar-refractivity contribution is 0.478. The second kappa shape index (κ2) is 8.13. The Morgan fingerprint density at radius 2 is 2.00 bits per heavy atom. The summed E-state index contributed by atoms with van der Waals surface area (Å²) in [4.78, 5) is -0.0933. The van der Waals surface area contributed by atoms with Crippen molar-refractivity contribution in [3.63, 3.8) is 0 Å². The van der Waals surface area contributed by atoms with Crippen LogP contribution in [0.4, 0.5) is 4.39 Å². The van der Waals surface area contributed by atoms with Gasteiger partial charge in [0, 0.05) is 6.54 Å². The first-order valence-corrected chi connectivity index (χ1v) is 8.41. The van der Waals surface area contributed by atoms with Gasteiger partial charge in [0.05, 0.1) is 17.0 Å². The molecule has 0 atom stereocenters. The molecular weight excluding hydrogens is 291 g/mol. The number of halogens is 1. The molecule has 1 rings (SSSR count). The third kappa shape index (κ3) is 5.12. The summed E-state index contributed by atoms with van der Waals surface area (Å²) in [5.41, 5.74) is 5.36. The third-order valence-corrected chi connectivity index (χ3v) is 4.71. The zero-order valence-electron chi connectivity index (χ0n) is 12.3. The van der Waals surface area contributed by atoms with Gasteiger partial charge in [0.2, 0.25) is 10.0 Å². The molecular formula is C15H21FN2O2S. The fraction of sp³-hybridized carbons (Fsp3) is 0.467. The van der Waals surface area contributed by atoms with E-state index in [9.17, 15) is 12.8 Å². The number of sulfonamides is 1. The van der Waals surface area contributed by atoms with E-state index in [1.807, 2.05) is 13.8 Å². The van der Waals surface area contributed by atoms with Crippen LogP contribution >= 0.6 is 0 Å². The zero-order chi connectivity index (χ0) is 15.9. The van der Waals surface area contributed by atoms with Gasteiger partial charge in [-0.05, 0) is 24.1 Å². The Labute approximate surface area is 126 Å². The highest BCUT2D eigenvalue weighted by Crippen LogP contribution is 2.15. The standard InChI is InChI=1S/C15H21FN2O2S/c1-3-12(4-2)11-18-21(19,20)14-8-7-13(6-5-9-17)15(16)10-14/h7-8,10,12,18H,3-4,9,11,17H2,1-2H3. The molecule has 0 amide bonds. The molecule has 0 aromatic heterocycles. The van der Waals surface area contributed by atoms with Crippen molar-refractivity contribution in [2.75, 3.05) is 13.1 Å². The Kier molecular flexibility index (Phi) is 6.82. The smallest absolute Gasteiger partial charge is 0.240 e. The van der Waals surface area contributed by atoms with Crippen LogP contribution < -0.4 is 10.5 Å². The van der Waals surface area contributed by atoms with Crippen molar-refractivity contribution in [2.45, 2.75) is 31.6 Å². The van der Waals surface area contributed by atoms with E-state index >= 15 is 0 Å². The zero-order valence-corrected chi connectivity index (χ0v) is 13.1. The van der Waals surface area contributed by atoms with E-state index in [1.165, 1.54) is 12.1 Å². The number of nitrogens with two attached hydrogens (primary N) is 1. The van der Waals surface area contributed by atoms with Crippen LogP contribution in [0.2, 0.25) is 0 Å². The van der Waals surface area contributed by atoms with Gasteiger partial charge in [-0.25, -0.2) is 17.5 Å². The summed E-state index contributed by atoms with van der Waals surface area (Å²) >= 11 is 0. The summed E-state index contributed by atoms with van der Waals surface area (Å²) in [6.45, 7) is 4.49. The summed E-state index contributed by atoms with van der Waals surface area (Å²) in [7, 11) is -3.70. The molecule has 1 aromatic rings. The van der Waals surface area contributed by atoms with E-state index < -0.39 is 15.8 Å². The van der Waals surface area contributed by atoms with Gasteiger partial charge in [-0.1, -0.05) is 38.5 Å². The van der Waals surface area contributed by atoms with Crippen LogP contribution in [-0.2, 0) is 10.0 Å². The number of hydrogen-bond acceptors (Lipinski definition) is 3. The first-order valence-electron chi connectivity index (χ1n) is 6.92. The van der Waals surface area contributed by atoms with Gasteiger partial charge in [0.25, 0.3) is 0 Å². The molecule has 3 N–H and O–H groups in total. The monoisotopic (exact) mass is 312 g/mol. The van der Waals surface area contributed by atoms with Crippen molar-refractivity contribution in [1.82, 2.24) is 4.72 Å². The van der Waals surface area contributed by atoms with Crippen LogP contribution in [0.25, 0.3) is 0 Å². The minimum absolute atomic E-state index is 0.0933. The number of rotatable bonds is 6. The minimum atomic E-state index is -3.70. The highest BCUT2D eigenvalue weighted by molar-refractivity contribution is 7.89. The molecule has 0 fully saturated rings. The fourth-order valence-electron chi connectivity index (χ4n) is 1.80. The molecule has 0 saturated heterocycles. The maximum atomic E-state index is 13.8. The van der Waals surface area contributed by atoms with Crippen LogP contribution in [0.15, 0.2) is 23.1 Å². The second-order valence-electron chi connectivity index (χ2n) is 4.68. The van der Waals surface area contributed by atoms with E-state index in [0.717, 1.165) is 18.9 Å². The number of benzene rings is 1. The Balaban J connectivity index is 2.91. The van der Waals surface area contributed by atoms with E-state index in [0.29, 0.717) is 6.54 Å². The Morgan fingerprint density at radius 3 is 2.52 bits per heavy atom. The second-order valence-corrected chi connectivity index (χ2v) is 6.45. The van der Waals surface area contributed by atoms with E-state index in [4.69, 9.17) is 5.73 Å². The first kappa shape index (κ1) is 17.6. The molecule has 0 spiro atoms. The summed E-state index contributed by atoms with van der Waals surface area (Å²) in [5, 5.41) is 0. The molecule has 116 valence electrons. The fourth-order valence-corrected chi connectivity index (χ4v) is 2.93. The average molecular weight is 312 g/mol. The van der Waals surface area contributed by atoms with E-state index in [1.54, 1.807) is 0 Å². The van der Waals surface area contributed by atoms with Gasteiger partial charge < -0.3 is 5.73 Å². The van der Waals surface area contributed by atoms with Gasteiger partial charge in [-0.15, -0.1) is 0 Å². The highest BCUT2D eigenvalue weighted by atomic mass is 32.2. The van der Waals surface area contributed by atoms with Crippen molar-refractivity contribution in [1.29, 1.82) is 0 Å². The van der Waals surface area contributed by atoms with Crippen LogP contribution in [0.3, 0.4) is 0 Å². The molecule has 0 heterocycles. The Morgan fingerprint density at radius 1 is 1.33 bits per heavy atom. The van der Waals surface area contributed by atoms with Crippen LogP contribution in [0.1, 0.15) is 32.3 Å². The lowest BCUT2D eigenvalue weighted by Gasteiger charge is -2.13. The maximum Gasteiger partial charge on any atom is 0.240 e. The van der Waals surface area contributed by atoms with Crippen LogP contribution in [0.5, 0.6) is 0 Å². The van der Waals surface area contributed by atoms with Crippen molar-refractivity contribution < 1.29 is 12.8 Å². The number of hydrogen-bond donors (Lipinski definition) is 2. The van der Waals surface area contributed by atoms with Gasteiger partial charge in [-0.3, -0.25) is 0 Å². The molecule has 6 heteroatoms. The minimum Gasteiger partial charge on any atom is -0.320 e. The van der Waals surface area contributed by atoms with Gasteiger partial charge in [0.1, 0.15) is 5.82 Å². The van der Waals surface area contributed by atoms with Crippen molar-refractivity contribution in [3.05, 3.63) is 29.6 Å². The lowest BCUT2D eigenvalue weighted by Crippen LogP contribution is -2.29. The lowest BCUT2D eigenvalue weighted by atomic mass is 10.0. The predicted molar refractivity (Wildman–Crippen MR) is 81.6 cm³/mol. The van der Waals surface area contributed by atoms with Gasteiger partial charge in [0.15, 0.2) is 0 Å². The summed E-state index contributed by atoms with van der Waals surface area (Å²) in [6, 6.07) is 3.68. The van der Waals surface area contributed by atoms with Crippen molar-refractivity contribution in [3.8, 4) is 11.8 Å². The number of nitrogens with one attached hydrogen (secondary N) is 1. The molecule has 0 aliphatic carbocycles.